The van der Waals surface area contributed by atoms with Gasteiger partial charge in [-0.3, -0.25) is 4.79 Å². The zero-order valence-electron chi connectivity index (χ0n) is 16.9. The van der Waals surface area contributed by atoms with Gasteiger partial charge in [0.1, 0.15) is 24.6 Å². The van der Waals surface area contributed by atoms with Crippen molar-refractivity contribution in [3.8, 4) is 11.6 Å². The van der Waals surface area contributed by atoms with Gasteiger partial charge in [-0.15, -0.1) is 0 Å². The van der Waals surface area contributed by atoms with Gasteiger partial charge in [-0.1, -0.05) is 0 Å². The molecule has 0 saturated heterocycles. The summed E-state index contributed by atoms with van der Waals surface area (Å²) in [6.45, 7) is 2.92. The predicted octanol–water partition coefficient (Wildman–Crippen LogP) is 1.95. The van der Waals surface area contributed by atoms with Gasteiger partial charge in [-0.2, -0.15) is 5.10 Å². The number of carbonyl (C=O) groups is 1. The van der Waals surface area contributed by atoms with Gasteiger partial charge in [0.05, 0.1) is 37.2 Å². The number of aromatic nitrogens is 4. The van der Waals surface area contributed by atoms with Gasteiger partial charge in [0, 0.05) is 5.56 Å². The molecule has 1 N–H and O–H groups in total. The van der Waals surface area contributed by atoms with Crippen LogP contribution in [-0.4, -0.2) is 50.8 Å². The molecule has 31 heavy (non-hydrogen) atoms. The van der Waals surface area contributed by atoms with Gasteiger partial charge in [0.2, 0.25) is 5.88 Å². The average molecular weight is 424 g/mol. The molecule has 3 aliphatic rings. The van der Waals surface area contributed by atoms with Crippen molar-refractivity contribution in [3.63, 3.8) is 0 Å². The Balaban J connectivity index is 1.54. The zero-order chi connectivity index (χ0) is 21.1. The molecule has 5 heterocycles. The van der Waals surface area contributed by atoms with E-state index < -0.39 is 5.82 Å². The van der Waals surface area contributed by atoms with Gasteiger partial charge in [0.25, 0.3) is 5.91 Å². The first-order valence-electron chi connectivity index (χ1n) is 10.4. The van der Waals surface area contributed by atoms with E-state index in [1.165, 1.54) is 12.3 Å². The molecule has 1 fully saturated rings. The topological polar surface area (TPSA) is 93.9 Å². The number of nitrogens with one attached hydrogen (secondary N) is 1. The van der Waals surface area contributed by atoms with E-state index in [-0.39, 0.29) is 24.6 Å². The van der Waals surface area contributed by atoms with Crippen molar-refractivity contribution in [1.29, 1.82) is 0 Å². The number of hydrogen-bond donors (Lipinski definition) is 1. The molecule has 0 aromatic carbocycles. The number of rotatable bonds is 1. The Morgan fingerprint density at radius 1 is 1.23 bits per heavy atom. The first-order valence-corrected chi connectivity index (χ1v) is 10.4. The molecular weight excluding hydrogens is 403 g/mol. The highest BCUT2D eigenvalue weighted by Gasteiger charge is 2.41. The van der Waals surface area contributed by atoms with Crippen LogP contribution < -0.4 is 19.7 Å². The number of anilines is 1. The molecule has 0 radical (unpaired) electrons. The monoisotopic (exact) mass is 424 g/mol. The van der Waals surface area contributed by atoms with Crippen molar-refractivity contribution in [2.24, 2.45) is 5.92 Å². The molecule has 10 heteroatoms. The van der Waals surface area contributed by atoms with Gasteiger partial charge >= 0.3 is 0 Å². The number of ether oxygens (including phenoxy) is 2. The summed E-state index contributed by atoms with van der Waals surface area (Å²) in [5.74, 6) is 1.33. The highest BCUT2D eigenvalue weighted by Crippen LogP contribution is 2.43. The summed E-state index contributed by atoms with van der Waals surface area (Å²) in [5, 5.41) is 7.19. The minimum atomic E-state index is -0.425. The normalized spacial score (nSPS) is 23.2. The largest absolute Gasteiger partial charge is 0.486 e. The molecule has 2 bridgehead atoms. The minimum Gasteiger partial charge on any atom is -0.486 e. The third-order valence-corrected chi connectivity index (χ3v) is 6.01. The van der Waals surface area contributed by atoms with Crippen LogP contribution in [0.4, 0.5) is 10.2 Å². The van der Waals surface area contributed by atoms with E-state index in [2.05, 4.69) is 20.3 Å². The summed E-state index contributed by atoms with van der Waals surface area (Å²) < 4.78 is 27.6. The number of amides is 1. The molecule has 0 spiro atoms. The fraction of sp³-hybridized carbons (Fsp3) is 0.429. The molecule has 3 aromatic rings. The molecule has 1 aliphatic carbocycles. The van der Waals surface area contributed by atoms with Crippen LogP contribution >= 0.6 is 0 Å². The van der Waals surface area contributed by atoms with Crippen LogP contribution in [-0.2, 0) is 6.54 Å². The summed E-state index contributed by atoms with van der Waals surface area (Å²) in [6.07, 6.45) is 6.63. The summed E-state index contributed by atoms with van der Waals surface area (Å²) in [6, 6.07) is 1.26. The lowest BCUT2D eigenvalue weighted by atomic mass is 10.1. The van der Waals surface area contributed by atoms with Gasteiger partial charge in [-0.25, -0.2) is 18.9 Å². The van der Waals surface area contributed by atoms with E-state index in [1.807, 2.05) is 6.92 Å². The van der Waals surface area contributed by atoms with Crippen LogP contribution in [0, 0.1) is 11.7 Å². The van der Waals surface area contributed by atoms with E-state index in [9.17, 15) is 9.18 Å². The summed E-state index contributed by atoms with van der Waals surface area (Å²) in [7, 11) is 0. The maximum absolute atomic E-state index is 14.1. The smallest absolute Gasteiger partial charge is 0.257 e. The van der Waals surface area contributed by atoms with E-state index in [0.717, 1.165) is 19.0 Å². The Bertz CT molecular complexity index is 1190. The third kappa shape index (κ3) is 3.13. The number of halogens is 1. The van der Waals surface area contributed by atoms with E-state index in [4.69, 9.17) is 14.5 Å². The van der Waals surface area contributed by atoms with Crippen molar-refractivity contribution in [1.82, 2.24) is 24.9 Å². The highest BCUT2D eigenvalue weighted by molar-refractivity contribution is 6.00. The quantitative estimate of drug-likeness (QED) is 0.638. The lowest BCUT2D eigenvalue weighted by Gasteiger charge is -2.38. The summed E-state index contributed by atoms with van der Waals surface area (Å²) >= 11 is 0. The maximum atomic E-state index is 14.1. The third-order valence-electron chi connectivity index (χ3n) is 6.01. The maximum Gasteiger partial charge on any atom is 0.257 e. The second-order valence-corrected chi connectivity index (χ2v) is 8.40. The molecule has 3 aromatic heterocycles. The SMILES string of the molecule is C[C@@H]1COc2ncc(F)cc2CN2c3nc4c(cnn4cc3OC[C@H]2C2CC2)C(=O)N1. The van der Waals surface area contributed by atoms with Gasteiger partial charge in [-0.05, 0) is 31.7 Å². The second-order valence-electron chi connectivity index (χ2n) is 8.40. The van der Waals surface area contributed by atoms with Crippen molar-refractivity contribution in [3.05, 3.63) is 41.6 Å². The molecule has 160 valence electrons. The van der Waals surface area contributed by atoms with Crippen LogP contribution in [0.1, 0.15) is 35.7 Å². The lowest BCUT2D eigenvalue weighted by molar-refractivity contribution is 0.0927. The van der Waals surface area contributed by atoms with Crippen LogP contribution in [0.5, 0.6) is 11.6 Å². The van der Waals surface area contributed by atoms with E-state index >= 15 is 0 Å². The lowest BCUT2D eigenvalue weighted by Crippen LogP contribution is -2.45. The molecule has 0 unspecified atom stereocenters. The fourth-order valence-corrected chi connectivity index (χ4v) is 4.28. The van der Waals surface area contributed by atoms with Crippen LogP contribution in [0.2, 0.25) is 0 Å². The van der Waals surface area contributed by atoms with Gasteiger partial charge < -0.3 is 19.7 Å². The van der Waals surface area contributed by atoms with Crippen molar-refractivity contribution in [2.75, 3.05) is 18.1 Å². The van der Waals surface area contributed by atoms with Crippen molar-refractivity contribution < 1.29 is 18.7 Å². The molecule has 6 rings (SSSR count). The minimum absolute atomic E-state index is 0.0998. The standard InChI is InChI=1S/C21H21FN6O3/c1-11-9-31-21-13(4-14(22)5-23-21)7-27-16(12-2-3-12)10-30-17-8-28-18(26-19(17)27)15(6-24-28)20(29)25-11/h4-6,8,11-12,16H,2-3,7,9-10H2,1H3,(H,25,29)/t11-,16+/m1/s1. The van der Waals surface area contributed by atoms with Crippen LogP contribution in [0.25, 0.3) is 5.65 Å². The number of nitrogens with zero attached hydrogens (tertiary/aromatic N) is 5. The first-order chi connectivity index (χ1) is 15.1. The zero-order valence-corrected chi connectivity index (χ0v) is 16.9. The number of carbonyl (C=O) groups excluding carboxylic acids is 1. The number of hydrogen-bond acceptors (Lipinski definition) is 7. The van der Waals surface area contributed by atoms with Crippen molar-refractivity contribution >= 4 is 17.4 Å². The Labute approximate surface area is 177 Å². The van der Waals surface area contributed by atoms with Crippen LogP contribution in [0.15, 0.2) is 24.7 Å². The second kappa shape index (κ2) is 6.79. The van der Waals surface area contributed by atoms with Gasteiger partial charge in [0.15, 0.2) is 17.2 Å². The van der Waals surface area contributed by atoms with Crippen LogP contribution in [0.3, 0.4) is 0 Å². The number of pyridine rings is 1. The molecule has 1 saturated carbocycles. The molecule has 2 aliphatic heterocycles. The van der Waals surface area contributed by atoms with Crippen molar-refractivity contribution in [2.45, 2.75) is 38.4 Å². The fourth-order valence-electron chi connectivity index (χ4n) is 4.28. The average Bonchev–Trinajstić information content (AvgIpc) is 3.50. The van der Waals surface area contributed by atoms with E-state index in [0.29, 0.717) is 53.3 Å². The highest BCUT2D eigenvalue weighted by atomic mass is 19.1. The molecule has 2 atom stereocenters. The predicted molar refractivity (Wildman–Crippen MR) is 108 cm³/mol. The Kier molecular flexibility index (Phi) is 4.02. The molecular formula is C21H21FN6O3. The van der Waals surface area contributed by atoms with E-state index in [1.54, 1.807) is 10.7 Å². The summed E-state index contributed by atoms with van der Waals surface area (Å²) in [5.41, 5.74) is 1.46. The summed E-state index contributed by atoms with van der Waals surface area (Å²) in [4.78, 5) is 24.0. The Morgan fingerprint density at radius 2 is 2.10 bits per heavy atom. The number of fused-ring (bicyclic) bond motifs is 1. The Morgan fingerprint density at radius 3 is 2.94 bits per heavy atom. The molecule has 1 amide bonds. The molecule has 9 nitrogen and oxygen atoms in total. The Hall–Kier alpha value is -3.43. The first kappa shape index (κ1) is 18.3.